The third kappa shape index (κ3) is 3.38. The summed E-state index contributed by atoms with van der Waals surface area (Å²) in [4.78, 5) is 4.48. The van der Waals surface area contributed by atoms with Crippen LogP contribution < -0.4 is 5.32 Å². The second-order valence-corrected chi connectivity index (χ2v) is 8.13. The summed E-state index contributed by atoms with van der Waals surface area (Å²) in [6.45, 7) is 1.99. The van der Waals surface area contributed by atoms with Crippen LogP contribution in [0.25, 0.3) is 0 Å². The first-order chi connectivity index (χ1) is 9.62. The van der Waals surface area contributed by atoms with Crippen molar-refractivity contribution < 1.29 is 12.9 Å². The van der Waals surface area contributed by atoms with Gasteiger partial charge in [0, 0.05) is 12.3 Å². The molecule has 0 radical (unpaired) electrons. The van der Waals surface area contributed by atoms with E-state index < -0.39 is 9.84 Å². The van der Waals surface area contributed by atoms with Gasteiger partial charge in [-0.05, 0) is 44.7 Å². The molecule has 0 bridgehead atoms. The summed E-state index contributed by atoms with van der Waals surface area (Å²) < 4.78 is 28.6. The molecule has 0 aromatic carbocycles. The van der Waals surface area contributed by atoms with Gasteiger partial charge >= 0.3 is 0 Å². The first-order valence-electron chi connectivity index (χ1n) is 7.36. The molecule has 1 atom stereocenters. The smallest absolute Gasteiger partial charge is 0.226 e. The Balaban J connectivity index is 1.62. The highest BCUT2D eigenvalue weighted by atomic mass is 32.2. The van der Waals surface area contributed by atoms with Crippen LogP contribution in [0.5, 0.6) is 0 Å². The van der Waals surface area contributed by atoms with Crippen molar-refractivity contribution in [3.63, 3.8) is 0 Å². The van der Waals surface area contributed by atoms with Crippen molar-refractivity contribution in [2.24, 2.45) is 5.92 Å². The summed E-state index contributed by atoms with van der Waals surface area (Å²) in [7, 11) is -2.86. The highest BCUT2D eigenvalue weighted by Crippen LogP contribution is 2.25. The zero-order chi connectivity index (χ0) is 14.0. The van der Waals surface area contributed by atoms with E-state index in [1.165, 1.54) is 0 Å². The molecule has 2 aliphatic heterocycles. The minimum absolute atomic E-state index is 0.134. The minimum atomic E-state index is -2.86. The molecular formula is C13H21N3O3S. The molecule has 1 unspecified atom stereocenters. The van der Waals surface area contributed by atoms with Crippen LogP contribution >= 0.6 is 0 Å². The van der Waals surface area contributed by atoms with Gasteiger partial charge in [0.05, 0.1) is 11.5 Å². The highest BCUT2D eigenvalue weighted by Gasteiger charge is 2.27. The minimum Gasteiger partial charge on any atom is -0.339 e. The molecule has 3 heterocycles. The van der Waals surface area contributed by atoms with E-state index in [-0.39, 0.29) is 11.7 Å². The monoisotopic (exact) mass is 299 g/mol. The van der Waals surface area contributed by atoms with Crippen molar-refractivity contribution in [3.8, 4) is 0 Å². The van der Waals surface area contributed by atoms with Gasteiger partial charge < -0.3 is 9.84 Å². The lowest BCUT2D eigenvalue weighted by Gasteiger charge is -2.20. The zero-order valence-electron chi connectivity index (χ0n) is 11.5. The van der Waals surface area contributed by atoms with Crippen LogP contribution in [0, 0.1) is 5.92 Å². The summed E-state index contributed by atoms with van der Waals surface area (Å²) >= 11 is 0. The molecule has 0 spiro atoms. The molecular weight excluding hydrogens is 278 g/mol. The Bertz CT molecular complexity index is 549. The van der Waals surface area contributed by atoms with Crippen LogP contribution in [0.4, 0.5) is 0 Å². The van der Waals surface area contributed by atoms with Gasteiger partial charge in [0.1, 0.15) is 0 Å². The summed E-state index contributed by atoms with van der Waals surface area (Å²) in [5.41, 5.74) is 0. The number of piperidine rings is 1. The predicted molar refractivity (Wildman–Crippen MR) is 74.2 cm³/mol. The van der Waals surface area contributed by atoms with E-state index in [1.54, 1.807) is 0 Å². The fourth-order valence-electron chi connectivity index (χ4n) is 3.12. The van der Waals surface area contributed by atoms with Crippen molar-refractivity contribution >= 4 is 9.84 Å². The van der Waals surface area contributed by atoms with Crippen LogP contribution in [0.1, 0.15) is 43.3 Å². The second-order valence-electron chi connectivity index (χ2n) is 5.90. The number of aromatic nitrogens is 2. The Morgan fingerprint density at radius 3 is 2.80 bits per heavy atom. The van der Waals surface area contributed by atoms with Gasteiger partial charge in [-0.25, -0.2) is 8.42 Å². The van der Waals surface area contributed by atoms with E-state index in [1.807, 2.05) is 0 Å². The lowest BCUT2D eigenvalue weighted by molar-refractivity contribution is 0.340. The normalized spacial score (nSPS) is 27.5. The summed E-state index contributed by atoms with van der Waals surface area (Å²) in [5, 5.41) is 7.39. The lowest BCUT2D eigenvalue weighted by atomic mass is 9.97. The summed E-state index contributed by atoms with van der Waals surface area (Å²) in [6.07, 6.45) is 4.36. The average molecular weight is 299 g/mol. The Hall–Kier alpha value is -0.950. The number of hydrogen-bond acceptors (Lipinski definition) is 6. The summed E-state index contributed by atoms with van der Waals surface area (Å²) in [5.74, 6) is 2.49. The van der Waals surface area contributed by atoms with Crippen molar-refractivity contribution in [1.29, 1.82) is 0 Å². The molecule has 1 aromatic heterocycles. The Kier molecular flexibility index (Phi) is 4.07. The van der Waals surface area contributed by atoms with E-state index in [4.69, 9.17) is 4.52 Å². The fourth-order valence-corrected chi connectivity index (χ4v) is 4.90. The maximum absolute atomic E-state index is 11.6. The van der Waals surface area contributed by atoms with Gasteiger partial charge in [0.25, 0.3) is 0 Å². The standard InChI is InChI=1S/C13H21N3O3S/c17-20(18)7-1-2-10(9-20)8-12-15-13(16-19-12)11-3-5-14-6-4-11/h10-11,14H,1-9H2. The van der Waals surface area contributed by atoms with E-state index in [0.29, 0.717) is 24.0 Å². The van der Waals surface area contributed by atoms with Crippen LogP contribution in [0.15, 0.2) is 4.52 Å². The zero-order valence-corrected chi connectivity index (χ0v) is 12.4. The van der Waals surface area contributed by atoms with Crippen molar-refractivity contribution in [3.05, 3.63) is 11.7 Å². The molecule has 2 aliphatic rings. The number of sulfone groups is 1. The number of nitrogens with zero attached hydrogens (tertiary/aromatic N) is 2. The molecule has 2 fully saturated rings. The van der Waals surface area contributed by atoms with Crippen LogP contribution in [-0.2, 0) is 16.3 Å². The largest absolute Gasteiger partial charge is 0.339 e. The van der Waals surface area contributed by atoms with Gasteiger partial charge in [0.15, 0.2) is 15.7 Å². The van der Waals surface area contributed by atoms with Crippen LogP contribution in [0.3, 0.4) is 0 Å². The molecule has 20 heavy (non-hydrogen) atoms. The van der Waals surface area contributed by atoms with Crippen molar-refractivity contribution in [1.82, 2.24) is 15.5 Å². The first kappa shape index (κ1) is 14.0. The molecule has 1 aromatic rings. The molecule has 112 valence electrons. The molecule has 3 rings (SSSR count). The van der Waals surface area contributed by atoms with E-state index >= 15 is 0 Å². The second kappa shape index (κ2) is 5.81. The van der Waals surface area contributed by atoms with Gasteiger partial charge in [-0.1, -0.05) is 5.16 Å². The number of nitrogens with one attached hydrogen (secondary N) is 1. The third-order valence-electron chi connectivity index (χ3n) is 4.21. The summed E-state index contributed by atoms with van der Waals surface area (Å²) in [6, 6.07) is 0. The van der Waals surface area contributed by atoms with E-state index in [9.17, 15) is 8.42 Å². The molecule has 1 N–H and O–H groups in total. The fraction of sp³-hybridized carbons (Fsp3) is 0.846. The molecule has 6 nitrogen and oxygen atoms in total. The lowest BCUT2D eigenvalue weighted by Crippen LogP contribution is -2.27. The quantitative estimate of drug-likeness (QED) is 0.892. The molecule has 0 amide bonds. The predicted octanol–water partition coefficient (Wildman–Crippen LogP) is 0.904. The highest BCUT2D eigenvalue weighted by molar-refractivity contribution is 7.91. The molecule has 0 saturated carbocycles. The molecule has 7 heteroatoms. The Morgan fingerprint density at radius 1 is 1.25 bits per heavy atom. The molecule has 2 saturated heterocycles. The van der Waals surface area contributed by atoms with E-state index in [0.717, 1.165) is 44.6 Å². The van der Waals surface area contributed by atoms with Crippen molar-refractivity contribution in [2.75, 3.05) is 24.6 Å². The Morgan fingerprint density at radius 2 is 2.05 bits per heavy atom. The van der Waals surface area contributed by atoms with Crippen LogP contribution in [0.2, 0.25) is 0 Å². The Labute approximate surface area is 119 Å². The van der Waals surface area contributed by atoms with Crippen LogP contribution in [-0.4, -0.2) is 43.2 Å². The topological polar surface area (TPSA) is 85.1 Å². The van der Waals surface area contributed by atoms with Gasteiger partial charge in [0.2, 0.25) is 5.89 Å². The van der Waals surface area contributed by atoms with Gasteiger partial charge in [-0.3, -0.25) is 0 Å². The molecule has 0 aliphatic carbocycles. The maximum Gasteiger partial charge on any atom is 0.226 e. The van der Waals surface area contributed by atoms with Gasteiger partial charge in [-0.15, -0.1) is 0 Å². The van der Waals surface area contributed by atoms with Crippen molar-refractivity contribution in [2.45, 2.75) is 38.0 Å². The van der Waals surface area contributed by atoms with Gasteiger partial charge in [-0.2, -0.15) is 4.98 Å². The SMILES string of the molecule is O=S1(=O)CCCC(Cc2nc(C3CCNCC3)no2)C1. The maximum atomic E-state index is 11.6. The average Bonchev–Trinajstić information content (AvgIpc) is 2.87. The first-order valence-corrected chi connectivity index (χ1v) is 9.18. The number of rotatable bonds is 3. The number of hydrogen-bond donors (Lipinski definition) is 1. The van der Waals surface area contributed by atoms with E-state index in [2.05, 4.69) is 15.5 Å². The third-order valence-corrected chi connectivity index (χ3v) is 6.10.